The van der Waals surface area contributed by atoms with Crippen molar-refractivity contribution in [1.29, 1.82) is 0 Å². The standard InChI is InChI=1S/C21H22ClN3O3S2/c1-14-5-10-18-19(12-14)29-21(24(18)2)23-20(26)15-4-3-11-25(13-15)30(27,28)17-8-6-16(22)7-9-17/h5-10,12,15H,3-4,11,13H2,1-2H3. The van der Waals surface area contributed by atoms with Crippen LogP contribution in [0.5, 0.6) is 0 Å². The Hall–Kier alpha value is -2.00. The van der Waals surface area contributed by atoms with E-state index in [0.29, 0.717) is 29.2 Å². The molecule has 0 aliphatic carbocycles. The van der Waals surface area contributed by atoms with Crippen LogP contribution in [-0.2, 0) is 21.9 Å². The summed E-state index contributed by atoms with van der Waals surface area (Å²) in [5.74, 6) is -0.724. The Labute approximate surface area is 184 Å². The van der Waals surface area contributed by atoms with Crippen LogP contribution in [0.2, 0.25) is 5.02 Å². The summed E-state index contributed by atoms with van der Waals surface area (Å²) in [5.41, 5.74) is 2.17. The summed E-state index contributed by atoms with van der Waals surface area (Å²) in [5, 5.41) is 0.478. The predicted molar refractivity (Wildman–Crippen MR) is 119 cm³/mol. The van der Waals surface area contributed by atoms with Crippen LogP contribution in [0.4, 0.5) is 0 Å². The highest BCUT2D eigenvalue weighted by atomic mass is 35.5. The first-order chi connectivity index (χ1) is 14.3. The monoisotopic (exact) mass is 463 g/mol. The molecule has 4 rings (SSSR count). The molecule has 1 aliphatic heterocycles. The van der Waals surface area contributed by atoms with Crippen molar-refractivity contribution in [2.24, 2.45) is 18.0 Å². The van der Waals surface area contributed by atoms with Gasteiger partial charge in [0.1, 0.15) is 0 Å². The van der Waals surface area contributed by atoms with Gasteiger partial charge >= 0.3 is 0 Å². The number of carbonyl (C=O) groups excluding carboxylic acids is 1. The van der Waals surface area contributed by atoms with E-state index in [-0.39, 0.29) is 17.3 Å². The molecule has 1 fully saturated rings. The fourth-order valence-corrected chi connectivity index (χ4v) is 6.42. The zero-order chi connectivity index (χ0) is 21.5. The third-order valence-corrected chi connectivity index (χ3v) is 8.58. The van der Waals surface area contributed by atoms with Crippen molar-refractivity contribution in [3.05, 3.63) is 57.9 Å². The number of aromatic nitrogens is 1. The highest BCUT2D eigenvalue weighted by molar-refractivity contribution is 7.89. The van der Waals surface area contributed by atoms with Gasteiger partial charge in [0.15, 0.2) is 4.80 Å². The number of sulfonamides is 1. The number of nitrogens with zero attached hydrogens (tertiary/aromatic N) is 3. The molecule has 3 aromatic rings. The van der Waals surface area contributed by atoms with Gasteiger partial charge in [-0.3, -0.25) is 4.79 Å². The van der Waals surface area contributed by atoms with Crippen LogP contribution in [0, 0.1) is 12.8 Å². The maximum Gasteiger partial charge on any atom is 0.252 e. The number of hydrogen-bond donors (Lipinski definition) is 0. The van der Waals surface area contributed by atoms with Crippen molar-refractivity contribution in [1.82, 2.24) is 8.87 Å². The van der Waals surface area contributed by atoms with E-state index in [4.69, 9.17) is 11.6 Å². The fourth-order valence-electron chi connectivity index (χ4n) is 3.65. The SMILES string of the molecule is Cc1ccc2c(c1)sc(=NC(=O)C1CCCN(S(=O)(=O)c3ccc(Cl)cc3)C1)n2C. The van der Waals surface area contributed by atoms with Gasteiger partial charge in [-0.25, -0.2) is 8.42 Å². The van der Waals surface area contributed by atoms with E-state index in [1.54, 1.807) is 12.1 Å². The topological polar surface area (TPSA) is 71.7 Å². The number of amides is 1. The highest BCUT2D eigenvalue weighted by Crippen LogP contribution is 2.25. The van der Waals surface area contributed by atoms with Crippen LogP contribution < -0.4 is 4.80 Å². The molecule has 2 aromatic carbocycles. The molecule has 9 heteroatoms. The van der Waals surface area contributed by atoms with Crippen molar-refractivity contribution in [3.63, 3.8) is 0 Å². The second-order valence-electron chi connectivity index (χ2n) is 7.52. The maximum atomic E-state index is 13.0. The van der Waals surface area contributed by atoms with Crippen LogP contribution in [0.3, 0.4) is 0 Å². The number of benzene rings is 2. The van der Waals surface area contributed by atoms with Crippen molar-refractivity contribution in [3.8, 4) is 0 Å². The molecular formula is C21H22ClN3O3S2. The van der Waals surface area contributed by atoms with E-state index < -0.39 is 15.9 Å². The Morgan fingerprint density at radius 1 is 1.20 bits per heavy atom. The number of carbonyl (C=O) groups is 1. The van der Waals surface area contributed by atoms with Crippen LogP contribution in [-0.4, -0.2) is 36.3 Å². The van der Waals surface area contributed by atoms with E-state index in [1.807, 2.05) is 30.7 Å². The van der Waals surface area contributed by atoms with Crippen molar-refractivity contribution in [2.75, 3.05) is 13.1 Å². The minimum atomic E-state index is -3.67. The van der Waals surface area contributed by atoms with Gasteiger partial charge in [-0.2, -0.15) is 9.30 Å². The molecule has 0 spiro atoms. The number of halogens is 1. The highest BCUT2D eigenvalue weighted by Gasteiger charge is 2.33. The molecule has 30 heavy (non-hydrogen) atoms. The lowest BCUT2D eigenvalue weighted by Crippen LogP contribution is -2.42. The average Bonchev–Trinajstić information content (AvgIpc) is 3.03. The third-order valence-electron chi connectivity index (χ3n) is 5.36. The summed E-state index contributed by atoms with van der Waals surface area (Å²) in [7, 11) is -1.79. The van der Waals surface area contributed by atoms with Crippen LogP contribution >= 0.6 is 22.9 Å². The molecule has 1 unspecified atom stereocenters. The first-order valence-corrected chi connectivity index (χ1v) is 12.3. The van der Waals surface area contributed by atoms with Crippen LogP contribution in [0.15, 0.2) is 52.4 Å². The van der Waals surface area contributed by atoms with Crippen LogP contribution in [0.25, 0.3) is 10.2 Å². The van der Waals surface area contributed by atoms with Crippen LogP contribution in [0.1, 0.15) is 18.4 Å². The van der Waals surface area contributed by atoms with Gasteiger partial charge in [-0.1, -0.05) is 29.0 Å². The molecule has 6 nitrogen and oxygen atoms in total. The van der Waals surface area contributed by atoms with Gasteiger partial charge in [0.05, 0.1) is 21.0 Å². The number of fused-ring (bicyclic) bond motifs is 1. The fraction of sp³-hybridized carbons (Fsp3) is 0.333. The van der Waals surface area contributed by atoms with Gasteiger partial charge in [-0.05, 0) is 61.7 Å². The number of hydrogen-bond acceptors (Lipinski definition) is 4. The Morgan fingerprint density at radius 3 is 2.67 bits per heavy atom. The summed E-state index contributed by atoms with van der Waals surface area (Å²) in [6.45, 7) is 2.56. The minimum absolute atomic E-state index is 0.140. The third kappa shape index (κ3) is 4.09. The second kappa shape index (κ2) is 8.26. The van der Waals surface area contributed by atoms with E-state index in [2.05, 4.69) is 11.1 Å². The smallest absolute Gasteiger partial charge is 0.252 e. The van der Waals surface area contributed by atoms with Gasteiger partial charge in [0.25, 0.3) is 5.91 Å². The molecule has 0 N–H and O–H groups in total. The lowest BCUT2D eigenvalue weighted by atomic mass is 9.99. The van der Waals surface area contributed by atoms with E-state index in [1.165, 1.54) is 27.8 Å². The van der Waals surface area contributed by atoms with Crippen molar-refractivity contribution >= 4 is 49.1 Å². The molecule has 0 radical (unpaired) electrons. The van der Waals surface area contributed by atoms with Gasteiger partial charge in [0, 0.05) is 25.2 Å². The van der Waals surface area contributed by atoms with E-state index >= 15 is 0 Å². The Balaban J connectivity index is 1.59. The summed E-state index contributed by atoms with van der Waals surface area (Å²) in [6.07, 6.45) is 1.25. The summed E-state index contributed by atoms with van der Waals surface area (Å²) < 4.78 is 30.3. The minimum Gasteiger partial charge on any atom is -0.319 e. The Bertz CT molecular complexity index is 1280. The molecular weight excluding hydrogens is 442 g/mol. The molecule has 2 heterocycles. The molecule has 0 saturated carbocycles. The molecule has 0 bridgehead atoms. The van der Waals surface area contributed by atoms with E-state index in [0.717, 1.165) is 15.8 Å². The number of aryl methyl sites for hydroxylation is 2. The van der Waals surface area contributed by atoms with Gasteiger partial charge < -0.3 is 4.57 Å². The molecule has 1 saturated heterocycles. The average molecular weight is 464 g/mol. The predicted octanol–water partition coefficient (Wildman–Crippen LogP) is 3.73. The largest absolute Gasteiger partial charge is 0.319 e. The normalized spacial score (nSPS) is 18.8. The van der Waals surface area contributed by atoms with Gasteiger partial charge in [-0.15, -0.1) is 0 Å². The lowest BCUT2D eigenvalue weighted by Gasteiger charge is -2.30. The summed E-state index contributed by atoms with van der Waals surface area (Å²) in [6, 6.07) is 12.2. The molecule has 1 aliphatic rings. The first-order valence-electron chi connectivity index (χ1n) is 9.66. The Morgan fingerprint density at radius 2 is 1.93 bits per heavy atom. The van der Waals surface area contributed by atoms with E-state index in [9.17, 15) is 13.2 Å². The lowest BCUT2D eigenvalue weighted by molar-refractivity contribution is -0.122. The quantitative estimate of drug-likeness (QED) is 0.594. The molecule has 1 atom stereocenters. The van der Waals surface area contributed by atoms with Gasteiger partial charge in [0.2, 0.25) is 10.0 Å². The number of piperidine rings is 1. The molecule has 1 aromatic heterocycles. The number of rotatable bonds is 3. The maximum absolute atomic E-state index is 13.0. The summed E-state index contributed by atoms with van der Waals surface area (Å²) in [4.78, 5) is 18.1. The molecule has 158 valence electrons. The number of thiazole rings is 1. The zero-order valence-corrected chi connectivity index (χ0v) is 19.1. The first kappa shape index (κ1) is 21.2. The zero-order valence-electron chi connectivity index (χ0n) is 16.7. The second-order valence-corrected chi connectivity index (χ2v) is 10.9. The Kier molecular flexibility index (Phi) is 5.85. The summed E-state index contributed by atoms with van der Waals surface area (Å²) >= 11 is 7.34. The molecule has 1 amide bonds. The van der Waals surface area contributed by atoms with Crippen molar-refractivity contribution in [2.45, 2.75) is 24.7 Å². The van der Waals surface area contributed by atoms with Crippen molar-refractivity contribution < 1.29 is 13.2 Å².